The monoisotopic (exact) mass is 526 g/mol. The Labute approximate surface area is 184 Å². The van der Waals surface area contributed by atoms with Crippen molar-refractivity contribution in [3.8, 4) is 11.5 Å². The zero-order valence-electron chi connectivity index (χ0n) is 16.7. The second kappa shape index (κ2) is 12.3. The van der Waals surface area contributed by atoms with Crippen LogP contribution in [0, 0.1) is 5.92 Å². The van der Waals surface area contributed by atoms with Crippen molar-refractivity contribution >= 4 is 45.6 Å². The summed E-state index contributed by atoms with van der Waals surface area (Å²) in [5.41, 5.74) is 0.762. The highest BCUT2D eigenvalue weighted by atomic mass is 127. The van der Waals surface area contributed by atoms with Gasteiger partial charge in [0.05, 0.1) is 26.5 Å². The number of hydrogen-bond donors (Lipinski definition) is 3. The van der Waals surface area contributed by atoms with E-state index in [-0.39, 0.29) is 36.3 Å². The topological polar surface area (TPSA) is 101 Å². The van der Waals surface area contributed by atoms with E-state index in [1.165, 1.54) is 6.42 Å². The van der Waals surface area contributed by atoms with Crippen LogP contribution in [-0.2, 0) is 10.0 Å². The van der Waals surface area contributed by atoms with Gasteiger partial charge >= 0.3 is 0 Å². The van der Waals surface area contributed by atoms with E-state index in [1.54, 1.807) is 26.4 Å². The number of aliphatic imine (C=N–C) groups is 1. The number of hydrogen-bond acceptors (Lipinski definition) is 5. The van der Waals surface area contributed by atoms with Gasteiger partial charge in [-0.2, -0.15) is 0 Å². The van der Waals surface area contributed by atoms with E-state index < -0.39 is 10.0 Å². The molecule has 1 aromatic carbocycles. The van der Waals surface area contributed by atoms with Gasteiger partial charge in [0.1, 0.15) is 0 Å². The Bertz CT molecular complexity index is 739. The molecular formula is C18H31IN4O4S. The molecule has 0 amide bonds. The van der Waals surface area contributed by atoms with Crippen LogP contribution in [-0.4, -0.2) is 54.0 Å². The fraction of sp³-hybridized carbons (Fsp3) is 0.611. The number of nitrogens with one attached hydrogen (secondary N) is 3. The van der Waals surface area contributed by atoms with Crippen molar-refractivity contribution in [3.05, 3.63) is 18.2 Å². The van der Waals surface area contributed by atoms with Gasteiger partial charge in [-0.1, -0.05) is 6.42 Å². The van der Waals surface area contributed by atoms with E-state index in [1.807, 2.05) is 13.0 Å². The number of sulfonamides is 1. The largest absolute Gasteiger partial charge is 0.493 e. The molecule has 1 aromatic rings. The van der Waals surface area contributed by atoms with Crippen LogP contribution in [0.15, 0.2) is 23.2 Å². The molecular weight excluding hydrogens is 495 g/mol. The number of anilines is 1. The Morgan fingerprint density at radius 3 is 2.50 bits per heavy atom. The molecule has 0 unspecified atom stereocenters. The van der Waals surface area contributed by atoms with Gasteiger partial charge in [0.25, 0.3) is 0 Å². The van der Waals surface area contributed by atoms with Crippen LogP contribution in [0.5, 0.6) is 11.5 Å². The minimum atomic E-state index is -3.31. The van der Waals surface area contributed by atoms with Crippen molar-refractivity contribution in [2.24, 2.45) is 10.9 Å². The first-order valence-electron chi connectivity index (χ1n) is 9.22. The molecule has 10 heteroatoms. The van der Waals surface area contributed by atoms with E-state index in [0.29, 0.717) is 36.5 Å². The standard InChI is InChI=1S/C18H30N4O4S.HI/c1-4-19-18(22-15-8-9-16(25-2)17(12-15)26-3)20-10-11-27(23,24)21-13-14-6-5-7-14;/h8-9,12,14,21H,4-7,10-11,13H2,1-3H3,(H2,19,20,22);1H. The van der Waals surface area contributed by atoms with Crippen molar-refractivity contribution in [3.63, 3.8) is 0 Å². The van der Waals surface area contributed by atoms with Gasteiger partial charge in [-0.3, -0.25) is 4.99 Å². The Hall–Kier alpha value is -1.27. The predicted molar refractivity (Wildman–Crippen MR) is 124 cm³/mol. The molecule has 8 nitrogen and oxygen atoms in total. The SMILES string of the molecule is CCNC(=NCCS(=O)(=O)NCC1CCC1)Nc1ccc(OC)c(OC)c1.I. The molecule has 1 aliphatic rings. The van der Waals surface area contributed by atoms with Crippen LogP contribution in [0.25, 0.3) is 0 Å². The van der Waals surface area contributed by atoms with Crippen molar-refractivity contribution in [2.75, 3.05) is 44.9 Å². The molecule has 0 aromatic heterocycles. The fourth-order valence-electron chi connectivity index (χ4n) is 2.65. The Kier molecular flexibility index (Phi) is 10.9. The highest BCUT2D eigenvalue weighted by molar-refractivity contribution is 14.0. The molecule has 0 aliphatic heterocycles. The summed E-state index contributed by atoms with van der Waals surface area (Å²) < 4.78 is 37.3. The number of guanidine groups is 1. The smallest absolute Gasteiger partial charge is 0.213 e. The molecule has 28 heavy (non-hydrogen) atoms. The van der Waals surface area contributed by atoms with Crippen molar-refractivity contribution < 1.29 is 17.9 Å². The van der Waals surface area contributed by atoms with Gasteiger partial charge in [0, 0.05) is 24.8 Å². The first-order chi connectivity index (χ1) is 13.0. The zero-order chi connectivity index (χ0) is 19.7. The maximum absolute atomic E-state index is 12.1. The molecule has 2 rings (SSSR count). The van der Waals surface area contributed by atoms with Gasteiger partial charge in [-0.05, 0) is 37.8 Å². The maximum Gasteiger partial charge on any atom is 0.213 e. The number of benzene rings is 1. The molecule has 1 aliphatic carbocycles. The molecule has 0 saturated heterocycles. The molecule has 160 valence electrons. The summed E-state index contributed by atoms with van der Waals surface area (Å²) in [6, 6.07) is 5.42. The summed E-state index contributed by atoms with van der Waals surface area (Å²) in [4.78, 5) is 4.36. The third kappa shape index (κ3) is 8.00. The predicted octanol–water partition coefficient (Wildman–Crippen LogP) is 2.42. The number of rotatable bonds is 10. The molecule has 0 atom stereocenters. The first kappa shape index (κ1) is 24.8. The lowest BCUT2D eigenvalue weighted by Gasteiger charge is -2.25. The molecule has 0 heterocycles. The third-order valence-corrected chi connectivity index (χ3v) is 5.76. The third-order valence-electron chi connectivity index (χ3n) is 4.44. The molecule has 0 spiro atoms. The number of halogens is 1. The minimum Gasteiger partial charge on any atom is -0.493 e. The molecule has 0 bridgehead atoms. The highest BCUT2D eigenvalue weighted by Crippen LogP contribution is 2.29. The Balaban J connectivity index is 0.00000392. The molecule has 1 saturated carbocycles. The van der Waals surface area contributed by atoms with Crippen molar-refractivity contribution in [2.45, 2.75) is 26.2 Å². The summed E-state index contributed by atoms with van der Waals surface area (Å²) >= 11 is 0. The van der Waals surface area contributed by atoms with Crippen LogP contribution < -0.4 is 24.8 Å². The Morgan fingerprint density at radius 1 is 1.21 bits per heavy atom. The van der Waals surface area contributed by atoms with Crippen LogP contribution in [0.4, 0.5) is 5.69 Å². The lowest BCUT2D eigenvalue weighted by Crippen LogP contribution is -2.35. The Morgan fingerprint density at radius 2 is 1.93 bits per heavy atom. The minimum absolute atomic E-state index is 0. The van der Waals surface area contributed by atoms with Gasteiger partial charge in [0.2, 0.25) is 10.0 Å². The van der Waals surface area contributed by atoms with Gasteiger partial charge < -0.3 is 20.1 Å². The average Bonchev–Trinajstić information content (AvgIpc) is 2.60. The summed E-state index contributed by atoms with van der Waals surface area (Å²) in [5.74, 6) is 2.20. The lowest BCUT2D eigenvalue weighted by atomic mass is 9.86. The summed E-state index contributed by atoms with van der Waals surface area (Å²) in [5, 5.41) is 6.25. The van der Waals surface area contributed by atoms with Crippen LogP contribution >= 0.6 is 24.0 Å². The van der Waals surface area contributed by atoms with Gasteiger partial charge in [0.15, 0.2) is 17.5 Å². The lowest BCUT2D eigenvalue weighted by molar-refractivity contribution is 0.316. The molecule has 3 N–H and O–H groups in total. The number of methoxy groups -OCH3 is 2. The van der Waals surface area contributed by atoms with E-state index in [9.17, 15) is 8.42 Å². The fourth-order valence-corrected chi connectivity index (χ4v) is 3.61. The van der Waals surface area contributed by atoms with Crippen LogP contribution in [0.2, 0.25) is 0 Å². The van der Waals surface area contributed by atoms with Gasteiger partial charge in [-0.25, -0.2) is 13.1 Å². The van der Waals surface area contributed by atoms with E-state index in [2.05, 4.69) is 20.3 Å². The number of ether oxygens (including phenoxy) is 2. The summed E-state index contributed by atoms with van der Waals surface area (Å²) in [6.45, 7) is 3.31. The second-order valence-electron chi connectivity index (χ2n) is 6.42. The van der Waals surface area contributed by atoms with Crippen LogP contribution in [0.3, 0.4) is 0 Å². The summed E-state index contributed by atoms with van der Waals surface area (Å²) in [6.07, 6.45) is 3.42. The maximum atomic E-state index is 12.1. The normalized spacial score (nSPS) is 14.6. The van der Waals surface area contributed by atoms with Crippen molar-refractivity contribution in [1.29, 1.82) is 0 Å². The highest BCUT2D eigenvalue weighted by Gasteiger charge is 2.20. The molecule has 1 fully saturated rings. The first-order valence-corrected chi connectivity index (χ1v) is 10.9. The quantitative estimate of drug-likeness (QED) is 0.246. The van der Waals surface area contributed by atoms with Gasteiger partial charge in [-0.15, -0.1) is 24.0 Å². The van der Waals surface area contributed by atoms with Crippen LogP contribution in [0.1, 0.15) is 26.2 Å². The summed E-state index contributed by atoms with van der Waals surface area (Å²) in [7, 11) is -0.154. The van der Waals surface area contributed by atoms with E-state index in [0.717, 1.165) is 18.5 Å². The number of nitrogens with zero attached hydrogens (tertiary/aromatic N) is 1. The molecule has 0 radical (unpaired) electrons. The van der Waals surface area contributed by atoms with Crippen molar-refractivity contribution in [1.82, 2.24) is 10.0 Å². The second-order valence-corrected chi connectivity index (χ2v) is 8.35. The van der Waals surface area contributed by atoms with E-state index in [4.69, 9.17) is 9.47 Å². The van der Waals surface area contributed by atoms with E-state index >= 15 is 0 Å². The average molecular weight is 526 g/mol. The zero-order valence-corrected chi connectivity index (χ0v) is 19.8.